The fourth-order valence-electron chi connectivity index (χ4n) is 1.58. The van der Waals surface area contributed by atoms with Crippen LogP contribution in [0.1, 0.15) is 26.7 Å². The summed E-state index contributed by atoms with van der Waals surface area (Å²) < 4.78 is 0. The fourth-order valence-corrected chi connectivity index (χ4v) is 1.58. The molecule has 58 valence electrons. The van der Waals surface area contributed by atoms with Crippen molar-refractivity contribution >= 4 is 0 Å². The minimum atomic E-state index is -0.570. The Morgan fingerprint density at radius 3 is 2.40 bits per heavy atom. The van der Waals surface area contributed by atoms with Crippen LogP contribution in [0.15, 0.2) is 12.7 Å². The van der Waals surface area contributed by atoms with Crippen LogP contribution in [0, 0.1) is 11.8 Å². The van der Waals surface area contributed by atoms with Gasteiger partial charge in [-0.15, -0.1) is 6.58 Å². The van der Waals surface area contributed by atoms with Gasteiger partial charge in [0, 0.05) is 0 Å². The summed E-state index contributed by atoms with van der Waals surface area (Å²) in [5.41, 5.74) is -0.570. The Labute approximate surface area is 62.8 Å². The van der Waals surface area contributed by atoms with Crippen molar-refractivity contribution < 1.29 is 5.11 Å². The molecule has 0 aromatic heterocycles. The monoisotopic (exact) mass is 140 g/mol. The molecule has 1 aliphatic rings. The second-order valence-corrected chi connectivity index (χ2v) is 3.37. The zero-order valence-corrected chi connectivity index (χ0v) is 6.80. The Kier molecular flexibility index (Phi) is 1.86. The smallest absolute Gasteiger partial charge is 0.0853 e. The normalized spacial score (nSPS) is 36.7. The maximum atomic E-state index is 9.82. The molecular formula is C9H16O. The molecule has 3 unspecified atom stereocenters. The van der Waals surface area contributed by atoms with Crippen molar-refractivity contribution in [3.63, 3.8) is 0 Å². The molecule has 1 fully saturated rings. The first-order valence-electron chi connectivity index (χ1n) is 4.00. The predicted octanol–water partition coefficient (Wildman–Crippen LogP) is 1.97. The highest BCUT2D eigenvalue weighted by molar-refractivity contribution is 5.07. The van der Waals surface area contributed by atoms with Crippen LogP contribution in [0.3, 0.4) is 0 Å². The van der Waals surface area contributed by atoms with Crippen LogP contribution < -0.4 is 0 Å². The number of aliphatic hydroxyl groups is 1. The molecule has 1 heteroatoms. The topological polar surface area (TPSA) is 20.2 Å². The second kappa shape index (κ2) is 2.39. The first-order valence-corrected chi connectivity index (χ1v) is 4.00. The van der Waals surface area contributed by atoms with Gasteiger partial charge in [0.1, 0.15) is 0 Å². The van der Waals surface area contributed by atoms with Crippen molar-refractivity contribution in [2.24, 2.45) is 11.8 Å². The first kappa shape index (κ1) is 7.80. The first-order chi connectivity index (χ1) is 4.64. The van der Waals surface area contributed by atoms with E-state index in [2.05, 4.69) is 13.5 Å². The molecule has 3 atom stereocenters. The Bertz CT molecular complexity index is 142. The lowest BCUT2D eigenvalue weighted by molar-refractivity contribution is 0.0590. The van der Waals surface area contributed by atoms with Gasteiger partial charge in [0.25, 0.3) is 0 Å². The van der Waals surface area contributed by atoms with Gasteiger partial charge in [0.05, 0.1) is 5.60 Å². The molecule has 0 heterocycles. The van der Waals surface area contributed by atoms with Crippen molar-refractivity contribution in [1.29, 1.82) is 0 Å². The molecule has 1 saturated carbocycles. The largest absolute Gasteiger partial charge is 0.386 e. The molecule has 0 spiro atoms. The molecule has 0 saturated heterocycles. The van der Waals surface area contributed by atoms with E-state index in [1.165, 1.54) is 0 Å². The molecule has 0 aliphatic heterocycles. The third-order valence-corrected chi connectivity index (χ3v) is 2.67. The summed E-state index contributed by atoms with van der Waals surface area (Å²) in [6.07, 6.45) is 3.66. The summed E-state index contributed by atoms with van der Waals surface area (Å²) in [4.78, 5) is 0. The average Bonchev–Trinajstić information content (AvgIpc) is 2.66. The van der Waals surface area contributed by atoms with Gasteiger partial charge in [-0.1, -0.05) is 19.9 Å². The van der Waals surface area contributed by atoms with Crippen molar-refractivity contribution in [2.75, 3.05) is 0 Å². The van der Waals surface area contributed by atoms with Gasteiger partial charge in [-0.05, 0) is 24.7 Å². The van der Waals surface area contributed by atoms with Gasteiger partial charge in [-0.25, -0.2) is 0 Å². The standard InChI is InChI=1S/C9H16O/c1-4-9(10,5-2)8-6-7(8)3/h4,7-8,10H,1,5-6H2,2-3H3. The average molecular weight is 140 g/mol. The Morgan fingerprint density at radius 2 is 2.30 bits per heavy atom. The number of hydrogen-bond acceptors (Lipinski definition) is 1. The third-order valence-electron chi connectivity index (χ3n) is 2.67. The summed E-state index contributed by atoms with van der Waals surface area (Å²) in [5.74, 6) is 1.18. The molecule has 1 nitrogen and oxygen atoms in total. The van der Waals surface area contributed by atoms with Crippen molar-refractivity contribution in [3.05, 3.63) is 12.7 Å². The lowest BCUT2D eigenvalue weighted by atomic mass is 9.94. The maximum Gasteiger partial charge on any atom is 0.0853 e. The molecule has 0 aromatic rings. The molecule has 10 heavy (non-hydrogen) atoms. The highest BCUT2D eigenvalue weighted by Gasteiger charge is 2.46. The van der Waals surface area contributed by atoms with Gasteiger partial charge >= 0.3 is 0 Å². The van der Waals surface area contributed by atoms with Crippen LogP contribution in [0.4, 0.5) is 0 Å². The van der Waals surface area contributed by atoms with Crippen LogP contribution >= 0.6 is 0 Å². The van der Waals surface area contributed by atoms with Gasteiger partial charge in [-0.2, -0.15) is 0 Å². The molecular weight excluding hydrogens is 124 g/mol. The van der Waals surface area contributed by atoms with Gasteiger partial charge < -0.3 is 5.11 Å². The molecule has 0 aromatic carbocycles. The number of hydrogen-bond donors (Lipinski definition) is 1. The lowest BCUT2D eigenvalue weighted by Crippen LogP contribution is -2.27. The van der Waals surface area contributed by atoms with E-state index in [1.807, 2.05) is 6.92 Å². The number of rotatable bonds is 3. The second-order valence-electron chi connectivity index (χ2n) is 3.37. The van der Waals surface area contributed by atoms with E-state index in [-0.39, 0.29) is 0 Å². The van der Waals surface area contributed by atoms with E-state index >= 15 is 0 Å². The summed E-state index contributed by atoms with van der Waals surface area (Å²) in [7, 11) is 0. The molecule has 0 bridgehead atoms. The molecule has 0 amide bonds. The quantitative estimate of drug-likeness (QED) is 0.594. The van der Waals surface area contributed by atoms with Crippen molar-refractivity contribution in [3.8, 4) is 0 Å². The van der Waals surface area contributed by atoms with Gasteiger partial charge in [-0.3, -0.25) is 0 Å². The fraction of sp³-hybridized carbons (Fsp3) is 0.778. The maximum absolute atomic E-state index is 9.82. The minimum absolute atomic E-state index is 0.481. The van der Waals surface area contributed by atoms with E-state index in [9.17, 15) is 5.11 Å². The summed E-state index contributed by atoms with van der Waals surface area (Å²) in [6, 6.07) is 0. The summed E-state index contributed by atoms with van der Waals surface area (Å²) in [5, 5.41) is 9.82. The van der Waals surface area contributed by atoms with Gasteiger partial charge in [0.2, 0.25) is 0 Å². The van der Waals surface area contributed by atoms with Crippen LogP contribution in [-0.4, -0.2) is 10.7 Å². The third kappa shape index (κ3) is 1.10. The van der Waals surface area contributed by atoms with E-state index in [4.69, 9.17) is 0 Å². The SMILES string of the molecule is C=CC(O)(CC)C1CC1C. The summed E-state index contributed by atoms with van der Waals surface area (Å²) >= 11 is 0. The highest BCUT2D eigenvalue weighted by atomic mass is 16.3. The van der Waals surface area contributed by atoms with Crippen molar-refractivity contribution in [2.45, 2.75) is 32.3 Å². The van der Waals surface area contributed by atoms with Crippen LogP contribution in [0.2, 0.25) is 0 Å². The highest BCUT2D eigenvalue weighted by Crippen LogP contribution is 2.47. The predicted molar refractivity (Wildman–Crippen MR) is 42.7 cm³/mol. The Balaban J connectivity index is 2.56. The van der Waals surface area contributed by atoms with Crippen LogP contribution in [0.5, 0.6) is 0 Å². The van der Waals surface area contributed by atoms with Crippen molar-refractivity contribution in [1.82, 2.24) is 0 Å². The van der Waals surface area contributed by atoms with E-state index in [0.717, 1.165) is 12.8 Å². The van der Waals surface area contributed by atoms with Crippen LogP contribution in [0.25, 0.3) is 0 Å². The minimum Gasteiger partial charge on any atom is -0.386 e. The molecule has 1 rings (SSSR count). The van der Waals surface area contributed by atoms with E-state index < -0.39 is 5.60 Å². The van der Waals surface area contributed by atoms with Gasteiger partial charge in [0.15, 0.2) is 0 Å². The Hall–Kier alpha value is -0.300. The Morgan fingerprint density at radius 1 is 1.80 bits per heavy atom. The summed E-state index contributed by atoms with van der Waals surface area (Å²) in [6.45, 7) is 7.83. The lowest BCUT2D eigenvalue weighted by Gasteiger charge is -2.22. The van der Waals surface area contributed by atoms with Crippen LogP contribution in [-0.2, 0) is 0 Å². The molecule has 1 N–H and O–H groups in total. The van der Waals surface area contributed by atoms with E-state index in [1.54, 1.807) is 6.08 Å². The molecule has 1 aliphatic carbocycles. The molecule has 0 radical (unpaired) electrons. The zero-order valence-electron chi connectivity index (χ0n) is 6.80. The zero-order chi connectivity index (χ0) is 7.78. The van der Waals surface area contributed by atoms with E-state index in [0.29, 0.717) is 11.8 Å².